The van der Waals surface area contributed by atoms with E-state index >= 15 is 0 Å². The van der Waals surface area contributed by atoms with Crippen LogP contribution in [0, 0.1) is 6.92 Å². The van der Waals surface area contributed by atoms with Crippen LogP contribution in [-0.4, -0.2) is 44.7 Å². The average Bonchev–Trinajstić information content (AvgIpc) is 2.51. The van der Waals surface area contributed by atoms with Gasteiger partial charge >= 0.3 is 0 Å². The van der Waals surface area contributed by atoms with E-state index in [2.05, 4.69) is 54.2 Å². The smallest absolute Gasteiger partial charge is 0.0398 e. The van der Waals surface area contributed by atoms with E-state index in [0.29, 0.717) is 6.04 Å². The molecule has 3 nitrogen and oxygen atoms in total. The number of aryl methyl sites for hydroxylation is 1. The number of nitrogens with zero attached hydrogens (tertiary/aromatic N) is 2. The molecule has 1 atom stereocenters. The molecule has 1 saturated heterocycles. The second kappa shape index (κ2) is 6.40. The number of hydrogen-bond acceptors (Lipinski definition) is 3. The third-order valence-electron chi connectivity index (χ3n) is 4.00. The van der Waals surface area contributed by atoms with Crippen LogP contribution in [0.4, 0.5) is 5.69 Å². The first-order chi connectivity index (χ1) is 9.11. The molecule has 1 aromatic rings. The Balaban J connectivity index is 2.20. The second-order valence-corrected chi connectivity index (χ2v) is 5.81. The van der Waals surface area contributed by atoms with E-state index in [1.54, 1.807) is 0 Å². The lowest BCUT2D eigenvalue weighted by molar-refractivity contribution is 0.337. The van der Waals surface area contributed by atoms with Gasteiger partial charge in [-0.05, 0) is 58.1 Å². The Kier molecular flexibility index (Phi) is 4.83. The number of rotatable bonds is 3. The van der Waals surface area contributed by atoms with Gasteiger partial charge < -0.3 is 15.1 Å². The highest BCUT2D eigenvalue weighted by Crippen LogP contribution is 2.25. The topological polar surface area (TPSA) is 18.5 Å². The molecule has 0 spiro atoms. The lowest BCUT2D eigenvalue weighted by Gasteiger charge is -2.31. The van der Waals surface area contributed by atoms with Gasteiger partial charge in [-0.15, -0.1) is 0 Å². The molecule has 0 aromatic heterocycles. The maximum atomic E-state index is 3.21. The first-order valence-corrected chi connectivity index (χ1v) is 7.31. The standard InChI is InChI=1S/C16H27N3/c1-13-10-15(11-17-3)6-7-16(13)19-9-5-8-18(4)12-14(19)2/h6-7,10,14,17H,5,8-9,11-12H2,1-4H3. The van der Waals surface area contributed by atoms with Crippen LogP contribution >= 0.6 is 0 Å². The summed E-state index contributed by atoms with van der Waals surface area (Å²) in [6.45, 7) is 9.03. The van der Waals surface area contributed by atoms with Crippen molar-refractivity contribution in [3.05, 3.63) is 29.3 Å². The largest absolute Gasteiger partial charge is 0.367 e. The van der Waals surface area contributed by atoms with Gasteiger partial charge in [-0.25, -0.2) is 0 Å². The zero-order valence-corrected chi connectivity index (χ0v) is 12.7. The maximum Gasteiger partial charge on any atom is 0.0398 e. The molecule has 3 heteroatoms. The zero-order valence-electron chi connectivity index (χ0n) is 12.7. The summed E-state index contributed by atoms with van der Waals surface area (Å²) in [7, 11) is 4.22. The zero-order chi connectivity index (χ0) is 13.8. The highest BCUT2D eigenvalue weighted by molar-refractivity contribution is 5.55. The van der Waals surface area contributed by atoms with Crippen molar-refractivity contribution < 1.29 is 0 Å². The summed E-state index contributed by atoms with van der Waals surface area (Å²) in [5.41, 5.74) is 4.16. The van der Waals surface area contributed by atoms with Crippen LogP contribution in [0.5, 0.6) is 0 Å². The van der Waals surface area contributed by atoms with Gasteiger partial charge in [-0.1, -0.05) is 12.1 Å². The second-order valence-electron chi connectivity index (χ2n) is 5.81. The lowest BCUT2D eigenvalue weighted by Crippen LogP contribution is -2.38. The van der Waals surface area contributed by atoms with Crippen molar-refractivity contribution in [1.29, 1.82) is 0 Å². The van der Waals surface area contributed by atoms with Crippen LogP contribution < -0.4 is 10.2 Å². The quantitative estimate of drug-likeness (QED) is 0.900. The van der Waals surface area contributed by atoms with Crippen molar-refractivity contribution in [2.24, 2.45) is 0 Å². The minimum absolute atomic E-state index is 0.585. The van der Waals surface area contributed by atoms with E-state index in [4.69, 9.17) is 0 Å². The van der Waals surface area contributed by atoms with Crippen LogP contribution in [0.1, 0.15) is 24.5 Å². The summed E-state index contributed by atoms with van der Waals surface area (Å²) in [6, 6.07) is 7.44. The molecule has 1 aromatic carbocycles. The highest BCUT2D eigenvalue weighted by Gasteiger charge is 2.20. The molecule has 0 bridgehead atoms. The predicted octanol–water partition coefficient (Wildman–Crippen LogP) is 2.24. The van der Waals surface area contributed by atoms with E-state index in [-0.39, 0.29) is 0 Å². The van der Waals surface area contributed by atoms with Crippen molar-refractivity contribution >= 4 is 5.69 Å². The van der Waals surface area contributed by atoms with Crippen LogP contribution in [0.3, 0.4) is 0 Å². The summed E-state index contributed by atoms with van der Waals surface area (Å²) >= 11 is 0. The Hall–Kier alpha value is -1.06. The van der Waals surface area contributed by atoms with Crippen LogP contribution in [0.15, 0.2) is 18.2 Å². The molecule has 1 unspecified atom stereocenters. The van der Waals surface area contributed by atoms with Gasteiger partial charge in [0.15, 0.2) is 0 Å². The molecule has 0 amide bonds. The monoisotopic (exact) mass is 261 g/mol. The molecule has 1 heterocycles. The van der Waals surface area contributed by atoms with Crippen molar-refractivity contribution in [1.82, 2.24) is 10.2 Å². The Morgan fingerprint density at radius 2 is 2.11 bits per heavy atom. The van der Waals surface area contributed by atoms with Gasteiger partial charge in [0.2, 0.25) is 0 Å². The maximum absolute atomic E-state index is 3.21. The van der Waals surface area contributed by atoms with Crippen LogP contribution in [0.25, 0.3) is 0 Å². The number of nitrogens with one attached hydrogen (secondary N) is 1. The Bertz CT molecular complexity index is 416. The summed E-state index contributed by atoms with van der Waals surface area (Å²) in [4.78, 5) is 5.01. The van der Waals surface area contributed by atoms with Crippen LogP contribution in [0.2, 0.25) is 0 Å². The first-order valence-electron chi connectivity index (χ1n) is 7.31. The Labute approximate surface area is 117 Å². The van der Waals surface area contributed by atoms with Gasteiger partial charge in [-0.2, -0.15) is 0 Å². The van der Waals surface area contributed by atoms with Crippen molar-refractivity contribution in [3.8, 4) is 0 Å². The molecule has 1 fully saturated rings. The molecule has 2 rings (SSSR count). The van der Waals surface area contributed by atoms with Gasteiger partial charge in [0.25, 0.3) is 0 Å². The fourth-order valence-corrected chi connectivity index (χ4v) is 3.08. The molecule has 106 valence electrons. The molecule has 1 N–H and O–H groups in total. The first kappa shape index (κ1) is 14.4. The van der Waals surface area contributed by atoms with Crippen LogP contribution in [-0.2, 0) is 6.54 Å². The molecule has 0 saturated carbocycles. The summed E-state index contributed by atoms with van der Waals surface area (Å²) in [5.74, 6) is 0. The van der Waals surface area contributed by atoms with E-state index in [1.165, 1.54) is 29.8 Å². The lowest BCUT2D eigenvalue weighted by atomic mass is 10.1. The van der Waals surface area contributed by atoms with Gasteiger partial charge in [-0.3, -0.25) is 0 Å². The SMILES string of the molecule is CNCc1ccc(N2CCCN(C)CC2C)c(C)c1. The van der Waals surface area contributed by atoms with Crippen molar-refractivity contribution in [3.63, 3.8) is 0 Å². The fourth-order valence-electron chi connectivity index (χ4n) is 3.08. The summed E-state index contributed by atoms with van der Waals surface area (Å²) in [5, 5.41) is 3.21. The van der Waals surface area contributed by atoms with E-state index in [0.717, 1.165) is 19.6 Å². The normalized spacial score (nSPS) is 21.5. The molecular formula is C16H27N3. The number of likely N-dealkylation sites (N-methyl/N-ethyl adjacent to an activating group) is 1. The van der Waals surface area contributed by atoms with Gasteiger partial charge in [0.05, 0.1) is 0 Å². The van der Waals surface area contributed by atoms with Gasteiger partial charge in [0, 0.05) is 31.4 Å². The van der Waals surface area contributed by atoms with Gasteiger partial charge in [0.1, 0.15) is 0 Å². The Morgan fingerprint density at radius 3 is 2.79 bits per heavy atom. The molecular weight excluding hydrogens is 234 g/mol. The number of anilines is 1. The third-order valence-corrected chi connectivity index (χ3v) is 4.00. The van der Waals surface area contributed by atoms with E-state index in [1.807, 2.05) is 7.05 Å². The summed E-state index contributed by atoms with van der Waals surface area (Å²) < 4.78 is 0. The molecule has 1 aliphatic rings. The molecule has 0 aliphatic carbocycles. The minimum atomic E-state index is 0.585. The molecule has 1 aliphatic heterocycles. The summed E-state index contributed by atoms with van der Waals surface area (Å²) in [6.07, 6.45) is 1.25. The molecule has 0 radical (unpaired) electrons. The number of hydrogen-bond donors (Lipinski definition) is 1. The van der Waals surface area contributed by atoms with Crippen molar-refractivity contribution in [2.75, 3.05) is 38.6 Å². The fraction of sp³-hybridized carbons (Fsp3) is 0.625. The molecule has 19 heavy (non-hydrogen) atoms. The highest BCUT2D eigenvalue weighted by atomic mass is 15.2. The number of benzene rings is 1. The Morgan fingerprint density at radius 1 is 1.32 bits per heavy atom. The average molecular weight is 261 g/mol. The van der Waals surface area contributed by atoms with Crippen molar-refractivity contribution in [2.45, 2.75) is 32.9 Å². The van der Waals surface area contributed by atoms with E-state index < -0.39 is 0 Å². The predicted molar refractivity (Wildman–Crippen MR) is 82.9 cm³/mol. The third kappa shape index (κ3) is 3.48. The van der Waals surface area contributed by atoms with E-state index in [9.17, 15) is 0 Å². The minimum Gasteiger partial charge on any atom is -0.367 e.